The molecule has 1 aliphatic rings. The van der Waals surface area contributed by atoms with Gasteiger partial charge in [0.05, 0.1) is 6.54 Å². The lowest BCUT2D eigenvalue weighted by atomic mass is 10.2. The molecule has 3 rings (SSSR count). The van der Waals surface area contributed by atoms with E-state index in [0.29, 0.717) is 13.2 Å². The highest BCUT2D eigenvalue weighted by atomic mass is 16.5. The molecule has 0 aliphatic carbocycles. The Hall–Kier alpha value is -1.85. The van der Waals surface area contributed by atoms with Crippen LogP contribution in [0.2, 0.25) is 0 Å². The van der Waals surface area contributed by atoms with Crippen LogP contribution in [0.3, 0.4) is 0 Å². The normalized spacial score (nSPS) is 15.1. The minimum absolute atomic E-state index is 0.548. The van der Waals surface area contributed by atoms with Crippen molar-refractivity contribution in [2.75, 3.05) is 19.7 Å². The maximum Gasteiger partial charge on any atom is 0.122 e. The molecule has 2 heterocycles. The first-order valence-corrected chi connectivity index (χ1v) is 6.99. The second-order valence-corrected chi connectivity index (χ2v) is 5.01. The highest BCUT2D eigenvalue weighted by Gasteiger charge is 2.15. The van der Waals surface area contributed by atoms with E-state index in [2.05, 4.69) is 14.5 Å². The third-order valence-electron chi connectivity index (χ3n) is 3.63. The van der Waals surface area contributed by atoms with Gasteiger partial charge in [0.1, 0.15) is 18.2 Å². The molecule has 0 atom stereocenters. The molecule has 0 radical (unpaired) electrons. The molecule has 0 fully saturated rings. The van der Waals surface area contributed by atoms with Crippen LogP contribution in [0.4, 0.5) is 0 Å². The number of aromatic nitrogens is 2. The molecule has 0 unspecified atom stereocenters. The fourth-order valence-electron chi connectivity index (χ4n) is 2.47. The molecule has 106 valence electrons. The van der Waals surface area contributed by atoms with Crippen LogP contribution in [0.5, 0.6) is 5.75 Å². The average Bonchev–Trinajstić information content (AvgIpc) is 2.95. The van der Waals surface area contributed by atoms with Crippen molar-refractivity contribution in [1.29, 1.82) is 0 Å². The van der Waals surface area contributed by atoms with Crippen LogP contribution in [0.1, 0.15) is 11.4 Å². The van der Waals surface area contributed by atoms with E-state index in [-0.39, 0.29) is 0 Å². The fraction of sp³-hybridized carbons (Fsp3) is 0.400. The Morgan fingerprint density at radius 3 is 3.15 bits per heavy atom. The minimum atomic E-state index is 0.548. The Labute approximate surface area is 119 Å². The predicted octanol–water partition coefficient (Wildman–Crippen LogP) is 1.24. The van der Waals surface area contributed by atoms with E-state index in [9.17, 15) is 0 Å². The monoisotopic (exact) mass is 272 g/mol. The number of nitrogens with zero attached hydrogens (tertiary/aromatic N) is 3. The van der Waals surface area contributed by atoms with Gasteiger partial charge in [0.15, 0.2) is 0 Å². The first-order valence-electron chi connectivity index (χ1n) is 6.99. The van der Waals surface area contributed by atoms with E-state index >= 15 is 0 Å². The van der Waals surface area contributed by atoms with Gasteiger partial charge in [-0.1, -0.05) is 12.1 Å². The van der Waals surface area contributed by atoms with E-state index < -0.39 is 0 Å². The van der Waals surface area contributed by atoms with Gasteiger partial charge in [-0.05, 0) is 17.7 Å². The van der Waals surface area contributed by atoms with Gasteiger partial charge < -0.3 is 15.0 Å². The molecular weight excluding hydrogens is 252 g/mol. The van der Waals surface area contributed by atoms with Gasteiger partial charge in [0, 0.05) is 38.6 Å². The van der Waals surface area contributed by atoms with Crippen molar-refractivity contribution in [2.45, 2.75) is 19.6 Å². The first-order chi connectivity index (χ1) is 9.85. The third-order valence-corrected chi connectivity index (χ3v) is 3.63. The van der Waals surface area contributed by atoms with Gasteiger partial charge in [-0.25, -0.2) is 4.98 Å². The second-order valence-electron chi connectivity index (χ2n) is 5.01. The first kappa shape index (κ1) is 13.1. The Morgan fingerprint density at radius 1 is 1.30 bits per heavy atom. The van der Waals surface area contributed by atoms with Gasteiger partial charge in [-0.2, -0.15) is 0 Å². The summed E-state index contributed by atoms with van der Waals surface area (Å²) in [5.74, 6) is 2.04. The number of hydrogen-bond acceptors (Lipinski definition) is 4. The second kappa shape index (κ2) is 6.07. The van der Waals surface area contributed by atoms with Crippen molar-refractivity contribution < 1.29 is 4.74 Å². The van der Waals surface area contributed by atoms with Gasteiger partial charge >= 0.3 is 0 Å². The summed E-state index contributed by atoms with van der Waals surface area (Å²) in [6.07, 6.45) is 3.91. The quantitative estimate of drug-likeness (QED) is 0.889. The van der Waals surface area contributed by atoms with Crippen LogP contribution in [0.25, 0.3) is 0 Å². The highest BCUT2D eigenvalue weighted by Crippen LogP contribution is 2.14. The molecule has 1 aliphatic heterocycles. The molecule has 0 saturated heterocycles. The smallest absolute Gasteiger partial charge is 0.122 e. The summed E-state index contributed by atoms with van der Waals surface area (Å²) < 4.78 is 8.01. The Kier molecular flexibility index (Phi) is 3.99. The molecule has 2 aromatic rings. The van der Waals surface area contributed by atoms with Crippen molar-refractivity contribution in [2.24, 2.45) is 5.73 Å². The van der Waals surface area contributed by atoms with Crippen molar-refractivity contribution in [3.63, 3.8) is 0 Å². The topological polar surface area (TPSA) is 56.3 Å². The van der Waals surface area contributed by atoms with E-state index in [4.69, 9.17) is 10.5 Å². The number of fused-ring (bicyclic) bond motifs is 1. The van der Waals surface area contributed by atoms with E-state index in [1.54, 1.807) is 0 Å². The van der Waals surface area contributed by atoms with Crippen LogP contribution < -0.4 is 10.5 Å². The Balaban J connectivity index is 1.48. The molecular formula is C15H20N4O. The summed E-state index contributed by atoms with van der Waals surface area (Å²) >= 11 is 0. The van der Waals surface area contributed by atoms with E-state index in [1.165, 1.54) is 0 Å². The maximum atomic E-state index is 5.80. The van der Waals surface area contributed by atoms with Gasteiger partial charge in [0.2, 0.25) is 0 Å². The third kappa shape index (κ3) is 3.00. The highest BCUT2D eigenvalue weighted by molar-refractivity contribution is 5.28. The molecule has 1 aromatic heterocycles. The largest absolute Gasteiger partial charge is 0.492 e. The SMILES string of the molecule is NCc1cccc(OCCN2CCn3ccnc3C2)c1. The molecule has 0 amide bonds. The van der Waals surface area contributed by atoms with E-state index in [1.807, 2.05) is 36.7 Å². The van der Waals surface area contributed by atoms with Crippen molar-refractivity contribution in [3.8, 4) is 5.75 Å². The lowest BCUT2D eigenvalue weighted by Crippen LogP contribution is -2.36. The number of imidazole rings is 1. The average molecular weight is 272 g/mol. The van der Waals surface area contributed by atoms with Crippen molar-refractivity contribution in [1.82, 2.24) is 14.5 Å². The van der Waals surface area contributed by atoms with Crippen LogP contribution >= 0.6 is 0 Å². The van der Waals surface area contributed by atoms with Gasteiger partial charge in [-0.3, -0.25) is 4.90 Å². The molecule has 5 nitrogen and oxygen atoms in total. The lowest BCUT2D eigenvalue weighted by molar-refractivity contribution is 0.174. The fourth-order valence-corrected chi connectivity index (χ4v) is 2.47. The number of benzene rings is 1. The van der Waals surface area contributed by atoms with Gasteiger partial charge in [0.25, 0.3) is 0 Å². The standard InChI is InChI=1S/C15H20N4O/c16-11-13-2-1-3-14(10-13)20-9-8-18-6-7-19-5-4-17-15(19)12-18/h1-5,10H,6-9,11-12,16H2. The van der Waals surface area contributed by atoms with Crippen LogP contribution in [-0.2, 0) is 19.6 Å². The summed E-state index contributed by atoms with van der Waals surface area (Å²) in [6, 6.07) is 7.97. The molecule has 5 heteroatoms. The Morgan fingerprint density at radius 2 is 2.25 bits per heavy atom. The number of hydrogen-bond donors (Lipinski definition) is 1. The number of nitrogens with two attached hydrogens (primary N) is 1. The maximum absolute atomic E-state index is 5.80. The van der Waals surface area contributed by atoms with Gasteiger partial charge in [-0.15, -0.1) is 0 Å². The molecule has 2 N–H and O–H groups in total. The van der Waals surface area contributed by atoms with Crippen LogP contribution in [0.15, 0.2) is 36.7 Å². The predicted molar refractivity (Wildman–Crippen MR) is 77.3 cm³/mol. The summed E-state index contributed by atoms with van der Waals surface area (Å²) in [6.45, 7) is 5.12. The zero-order valence-electron chi connectivity index (χ0n) is 11.5. The number of ether oxygens (including phenoxy) is 1. The summed E-state index contributed by atoms with van der Waals surface area (Å²) in [5.41, 5.74) is 6.73. The molecule has 0 bridgehead atoms. The number of rotatable bonds is 5. The zero-order valence-corrected chi connectivity index (χ0v) is 11.5. The van der Waals surface area contributed by atoms with Crippen molar-refractivity contribution in [3.05, 3.63) is 48.0 Å². The van der Waals surface area contributed by atoms with Crippen LogP contribution in [0, 0.1) is 0 Å². The van der Waals surface area contributed by atoms with Crippen LogP contribution in [-0.4, -0.2) is 34.1 Å². The van der Waals surface area contributed by atoms with E-state index in [0.717, 1.165) is 43.3 Å². The summed E-state index contributed by atoms with van der Waals surface area (Å²) in [7, 11) is 0. The molecule has 0 saturated carbocycles. The molecule has 20 heavy (non-hydrogen) atoms. The summed E-state index contributed by atoms with van der Waals surface area (Å²) in [4.78, 5) is 6.73. The summed E-state index contributed by atoms with van der Waals surface area (Å²) in [5, 5.41) is 0. The Bertz CT molecular complexity index is 567. The zero-order chi connectivity index (χ0) is 13.8. The minimum Gasteiger partial charge on any atom is -0.492 e. The molecule has 1 aromatic carbocycles. The van der Waals surface area contributed by atoms with Crippen molar-refractivity contribution >= 4 is 0 Å². The molecule has 0 spiro atoms. The lowest BCUT2D eigenvalue weighted by Gasteiger charge is -2.27.